The van der Waals surface area contributed by atoms with Gasteiger partial charge in [0.25, 0.3) is 0 Å². The number of imide groups is 1. The van der Waals surface area contributed by atoms with Crippen molar-refractivity contribution in [2.24, 2.45) is 11.8 Å². The number of hydrogen-bond donors (Lipinski definition) is 0. The third-order valence-corrected chi connectivity index (χ3v) is 5.56. The van der Waals surface area contributed by atoms with Gasteiger partial charge in [0.15, 0.2) is 0 Å². The van der Waals surface area contributed by atoms with Crippen LogP contribution in [0, 0.1) is 11.8 Å². The summed E-state index contributed by atoms with van der Waals surface area (Å²) < 4.78 is 0. The van der Waals surface area contributed by atoms with E-state index in [9.17, 15) is 14.4 Å². The number of amides is 3. The Morgan fingerprint density at radius 3 is 2.44 bits per heavy atom. The fourth-order valence-corrected chi connectivity index (χ4v) is 4.21. The molecule has 0 aromatic heterocycles. The number of likely N-dealkylation sites (tertiary alicyclic amines) is 1. The van der Waals surface area contributed by atoms with Crippen molar-refractivity contribution in [2.75, 3.05) is 18.0 Å². The number of carbonyl (C=O) groups is 3. The highest BCUT2D eigenvalue weighted by Crippen LogP contribution is 2.35. The van der Waals surface area contributed by atoms with E-state index in [1.54, 1.807) is 0 Å². The average Bonchev–Trinajstić information content (AvgIpc) is 3.17. The summed E-state index contributed by atoms with van der Waals surface area (Å²) in [6.07, 6.45) is 7.08. The first-order chi connectivity index (χ1) is 12.2. The molecule has 3 aliphatic rings. The quantitative estimate of drug-likeness (QED) is 0.625. The molecule has 3 amide bonds. The number of fused-ring (bicyclic) bond motifs is 2. The van der Waals surface area contributed by atoms with Gasteiger partial charge in [0, 0.05) is 25.2 Å². The topological polar surface area (TPSA) is 57.7 Å². The molecular weight excluding hydrogens is 316 g/mol. The molecule has 4 rings (SSSR count). The highest BCUT2D eigenvalue weighted by molar-refractivity contribution is 6.05. The van der Waals surface area contributed by atoms with E-state index in [2.05, 4.69) is 6.07 Å². The largest absolute Gasteiger partial charge is 0.312 e. The fraction of sp³-hybridized carbons (Fsp3) is 0.450. The Labute approximate surface area is 147 Å². The van der Waals surface area contributed by atoms with Crippen LogP contribution in [0.4, 0.5) is 5.69 Å². The van der Waals surface area contributed by atoms with Crippen LogP contribution in [0.2, 0.25) is 0 Å². The number of nitrogens with zero attached hydrogens (tertiary/aromatic N) is 2. The SMILES string of the molecule is O=C1[C@H]2CC=CC[C@H]2C(=O)N1CCCC(=O)N1CCc2ccccc21. The van der Waals surface area contributed by atoms with E-state index in [1.165, 1.54) is 10.5 Å². The summed E-state index contributed by atoms with van der Waals surface area (Å²) in [6, 6.07) is 7.97. The lowest BCUT2D eigenvalue weighted by Gasteiger charge is -2.19. The van der Waals surface area contributed by atoms with Gasteiger partial charge in [0.1, 0.15) is 0 Å². The van der Waals surface area contributed by atoms with Crippen LogP contribution in [0.1, 0.15) is 31.2 Å². The van der Waals surface area contributed by atoms with Crippen molar-refractivity contribution in [3.05, 3.63) is 42.0 Å². The molecule has 0 N–H and O–H groups in total. The zero-order valence-electron chi connectivity index (χ0n) is 14.2. The molecule has 2 aliphatic heterocycles. The Morgan fingerprint density at radius 1 is 1.04 bits per heavy atom. The number of para-hydroxylation sites is 1. The summed E-state index contributed by atoms with van der Waals surface area (Å²) >= 11 is 0. The van der Waals surface area contributed by atoms with Crippen LogP contribution in [0.25, 0.3) is 0 Å². The Morgan fingerprint density at radius 2 is 1.72 bits per heavy atom. The van der Waals surface area contributed by atoms with Crippen LogP contribution >= 0.6 is 0 Å². The van der Waals surface area contributed by atoms with Crippen molar-refractivity contribution in [1.29, 1.82) is 0 Å². The highest BCUT2D eigenvalue weighted by Gasteiger charge is 2.46. The normalized spacial score (nSPS) is 24.6. The van der Waals surface area contributed by atoms with E-state index >= 15 is 0 Å². The van der Waals surface area contributed by atoms with Gasteiger partial charge in [-0.05, 0) is 37.3 Å². The molecule has 5 heteroatoms. The zero-order valence-corrected chi connectivity index (χ0v) is 14.2. The summed E-state index contributed by atoms with van der Waals surface area (Å²) in [4.78, 5) is 40.6. The molecule has 2 atom stereocenters. The predicted molar refractivity (Wildman–Crippen MR) is 93.8 cm³/mol. The number of rotatable bonds is 4. The number of allylic oxidation sites excluding steroid dienone is 2. The van der Waals surface area contributed by atoms with Gasteiger partial charge in [0.2, 0.25) is 17.7 Å². The van der Waals surface area contributed by atoms with Crippen molar-refractivity contribution in [3.63, 3.8) is 0 Å². The van der Waals surface area contributed by atoms with E-state index in [0.29, 0.717) is 32.2 Å². The summed E-state index contributed by atoms with van der Waals surface area (Å²) in [6.45, 7) is 1.07. The van der Waals surface area contributed by atoms with Gasteiger partial charge in [-0.25, -0.2) is 0 Å². The smallest absolute Gasteiger partial charge is 0.233 e. The van der Waals surface area contributed by atoms with E-state index in [0.717, 1.165) is 18.7 Å². The van der Waals surface area contributed by atoms with E-state index in [-0.39, 0.29) is 29.6 Å². The van der Waals surface area contributed by atoms with Crippen LogP contribution in [-0.4, -0.2) is 35.7 Å². The van der Waals surface area contributed by atoms with Crippen molar-refractivity contribution in [1.82, 2.24) is 4.90 Å². The number of anilines is 1. The maximum Gasteiger partial charge on any atom is 0.233 e. The van der Waals surface area contributed by atoms with Crippen molar-refractivity contribution < 1.29 is 14.4 Å². The summed E-state index contributed by atoms with van der Waals surface area (Å²) in [5.74, 6) is -0.405. The second-order valence-corrected chi connectivity index (χ2v) is 7.01. The maximum absolute atomic E-state index is 12.5. The van der Waals surface area contributed by atoms with E-state index in [1.807, 2.05) is 35.3 Å². The standard InChI is InChI=1S/C20H22N2O3/c23-18(21-13-11-14-6-1-4-9-17(14)21)10-5-12-22-19(24)15-7-2-3-8-16(15)20(22)25/h1-4,6,9,15-16H,5,7-8,10-13H2/t15-,16+. The number of benzene rings is 1. The fourth-order valence-electron chi connectivity index (χ4n) is 4.21. The summed E-state index contributed by atoms with van der Waals surface area (Å²) in [5.41, 5.74) is 2.20. The molecule has 0 saturated carbocycles. The second kappa shape index (κ2) is 6.47. The molecule has 1 fully saturated rings. The van der Waals surface area contributed by atoms with Crippen LogP contribution in [-0.2, 0) is 20.8 Å². The van der Waals surface area contributed by atoms with E-state index < -0.39 is 0 Å². The number of hydrogen-bond acceptors (Lipinski definition) is 3. The van der Waals surface area contributed by atoms with Gasteiger partial charge in [-0.2, -0.15) is 0 Å². The minimum atomic E-state index is -0.182. The molecule has 0 spiro atoms. The molecule has 1 saturated heterocycles. The Balaban J connectivity index is 1.33. The molecular formula is C20H22N2O3. The Bertz CT molecular complexity index is 729. The van der Waals surface area contributed by atoms with Crippen LogP contribution in [0.15, 0.2) is 36.4 Å². The third-order valence-electron chi connectivity index (χ3n) is 5.56. The first-order valence-corrected chi connectivity index (χ1v) is 9.05. The minimum Gasteiger partial charge on any atom is -0.312 e. The molecule has 1 aromatic rings. The molecule has 5 nitrogen and oxygen atoms in total. The van der Waals surface area contributed by atoms with E-state index in [4.69, 9.17) is 0 Å². The molecule has 2 heterocycles. The van der Waals surface area contributed by atoms with Gasteiger partial charge in [-0.1, -0.05) is 30.4 Å². The molecule has 0 radical (unpaired) electrons. The Kier molecular flexibility index (Phi) is 4.15. The summed E-state index contributed by atoms with van der Waals surface area (Å²) in [7, 11) is 0. The molecule has 25 heavy (non-hydrogen) atoms. The Hall–Kier alpha value is -2.43. The minimum absolute atomic E-state index is 0.0571. The first-order valence-electron chi connectivity index (χ1n) is 9.05. The highest BCUT2D eigenvalue weighted by atomic mass is 16.2. The summed E-state index contributed by atoms with van der Waals surface area (Å²) in [5, 5.41) is 0. The first kappa shape index (κ1) is 16.1. The molecule has 1 aliphatic carbocycles. The van der Waals surface area contributed by atoms with Crippen LogP contribution in [0.5, 0.6) is 0 Å². The zero-order chi connectivity index (χ0) is 17.4. The maximum atomic E-state index is 12.5. The molecule has 130 valence electrons. The van der Waals surface area contributed by atoms with Gasteiger partial charge in [-0.3, -0.25) is 19.3 Å². The average molecular weight is 338 g/mol. The predicted octanol–water partition coefficient (Wildman–Crippen LogP) is 2.31. The monoisotopic (exact) mass is 338 g/mol. The van der Waals surface area contributed by atoms with Crippen LogP contribution < -0.4 is 4.90 Å². The molecule has 0 unspecified atom stereocenters. The lowest BCUT2D eigenvalue weighted by molar-refractivity contribution is -0.140. The van der Waals surface area contributed by atoms with Gasteiger partial charge >= 0.3 is 0 Å². The van der Waals surface area contributed by atoms with Crippen LogP contribution in [0.3, 0.4) is 0 Å². The van der Waals surface area contributed by atoms with Crippen molar-refractivity contribution >= 4 is 23.4 Å². The third kappa shape index (κ3) is 2.77. The lowest BCUT2D eigenvalue weighted by Crippen LogP contribution is -2.34. The van der Waals surface area contributed by atoms with Gasteiger partial charge < -0.3 is 4.90 Å². The van der Waals surface area contributed by atoms with Crippen molar-refractivity contribution in [2.45, 2.75) is 32.1 Å². The van der Waals surface area contributed by atoms with Crippen molar-refractivity contribution in [3.8, 4) is 0 Å². The van der Waals surface area contributed by atoms with Gasteiger partial charge in [-0.15, -0.1) is 0 Å². The second-order valence-electron chi connectivity index (χ2n) is 7.01. The molecule has 1 aromatic carbocycles. The molecule has 0 bridgehead atoms. The van der Waals surface area contributed by atoms with Gasteiger partial charge in [0.05, 0.1) is 11.8 Å². The number of carbonyl (C=O) groups excluding carboxylic acids is 3. The lowest BCUT2D eigenvalue weighted by atomic mass is 9.85.